The van der Waals surface area contributed by atoms with Gasteiger partial charge in [-0.3, -0.25) is 19.7 Å². The van der Waals surface area contributed by atoms with E-state index in [1.807, 2.05) is 6.92 Å². The summed E-state index contributed by atoms with van der Waals surface area (Å²) >= 11 is 0. The molecular formula is C16H15N3O4. The SMILES string of the molecule is CCn1cc(NC(=O)/C=C\c2ccccc2[N+](=O)[O-])ccc1=O. The molecule has 118 valence electrons. The van der Waals surface area contributed by atoms with Gasteiger partial charge in [-0.2, -0.15) is 0 Å². The lowest BCUT2D eigenvalue weighted by Gasteiger charge is -2.06. The fraction of sp³-hybridized carbons (Fsp3) is 0.125. The van der Waals surface area contributed by atoms with Gasteiger partial charge in [-0.15, -0.1) is 0 Å². The molecule has 7 heteroatoms. The van der Waals surface area contributed by atoms with Crippen molar-refractivity contribution in [2.75, 3.05) is 5.32 Å². The minimum Gasteiger partial charge on any atom is -0.321 e. The van der Waals surface area contributed by atoms with Crippen LogP contribution < -0.4 is 10.9 Å². The second-order valence-electron chi connectivity index (χ2n) is 4.68. The molecule has 1 aromatic heterocycles. The minimum atomic E-state index is -0.505. The van der Waals surface area contributed by atoms with Crippen molar-refractivity contribution in [3.63, 3.8) is 0 Å². The predicted octanol–water partition coefficient (Wildman–Crippen LogP) is 2.43. The van der Waals surface area contributed by atoms with Crippen LogP contribution in [-0.2, 0) is 11.3 Å². The number of nitro benzene ring substituents is 1. The van der Waals surface area contributed by atoms with Crippen LogP contribution in [0.5, 0.6) is 0 Å². The zero-order chi connectivity index (χ0) is 16.8. The van der Waals surface area contributed by atoms with Gasteiger partial charge in [0.15, 0.2) is 0 Å². The molecule has 23 heavy (non-hydrogen) atoms. The quantitative estimate of drug-likeness (QED) is 0.521. The van der Waals surface area contributed by atoms with Crippen LogP contribution in [0, 0.1) is 10.1 Å². The summed E-state index contributed by atoms with van der Waals surface area (Å²) in [5, 5.41) is 13.5. The number of benzene rings is 1. The lowest BCUT2D eigenvalue weighted by molar-refractivity contribution is -0.385. The molecule has 0 aliphatic carbocycles. The van der Waals surface area contributed by atoms with Gasteiger partial charge in [0.05, 0.1) is 16.2 Å². The number of nitrogens with one attached hydrogen (secondary N) is 1. The summed E-state index contributed by atoms with van der Waals surface area (Å²) in [5.74, 6) is -0.440. The molecule has 2 aromatic rings. The van der Waals surface area contributed by atoms with E-state index in [-0.39, 0.29) is 11.2 Å². The van der Waals surface area contributed by atoms with Gasteiger partial charge in [0.2, 0.25) is 5.91 Å². The molecule has 1 amide bonds. The second-order valence-corrected chi connectivity index (χ2v) is 4.68. The van der Waals surface area contributed by atoms with E-state index in [1.165, 1.54) is 34.9 Å². The average Bonchev–Trinajstić information content (AvgIpc) is 2.55. The number of hydrogen-bond donors (Lipinski definition) is 1. The van der Waals surface area contributed by atoms with Gasteiger partial charge in [-0.1, -0.05) is 12.1 Å². The molecular weight excluding hydrogens is 298 g/mol. The van der Waals surface area contributed by atoms with Crippen LogP contribution in [0.15, 0.2) is 53.5 Å². The van der Waals surface area contributed by atoms with E-state index >= 15 is 0 Å². The highest BCUT2D eigenvalue weighted by Crippen LogP contribution is 2.18. The number of carbonyl (C=O) groups excluding carboxylic acids is 1. The first-order chi connectivity index (χ1) is 11.0. The number of pyridine rings is 1. The fourth-order valence-corrected chi connectivity index (χ4v) is 2.00. The van der Waals surface area contributed by atoms with E-state index in [9.17, 15) is 19.7 Å². The number of nitro groups is 1. The molecule has 0 fully saturated rings. The molecule has 0 saturated carbocycles. The molecule has 0 bridgehead atoms. The van der Waals surface area contributed by atoms with Crippen molar-refractivity contribution in [1.29, 1.82) is 0 Å². The van der Waals surface area contributed by atoms with E-state index in [2.05, 4.69) is 5.32 Å². The molecule has 7 nitrogen and oxygen atoms in total. The summed E-state index contributed by atoms with van der Waals surface area (Å²) in [5.41, 5.74) is 0.590. The third-order valence-corrected chi connectivity index (χ3v) is 3.14. The molecule has 1 heterocycles. The van der Waals surface area contributed by atoms with Crippen LogP contribution in [0.2, 0.25) is 0 Å². The Morgan fingerprint density at radius 2 is 2.04 bits per heavy atom. The van der Waals surface area contributed by atoms with Gasteiger partial charge in [-0.05, 0) is 25.1 Å². The summed E-state index contributed by atoms with van der Waals surface area (Å²) in [6, 6.07) is 9.01. The van der Waals surface area contributed by atoms with Crippen LogP contribution in [0.25, 0.3) is 6.08 Å². The van der Waals surface area contributed by atoms with Crippen molar-refractivity contribution in [2.24, 2.45) is 0 Å². The number of nitrogens with zero attached hydrogens (tertiary/aromatic N) is 2. The topological polar surface area (TPSA) is 94.2 Å². The maximum absolute atomic E-state index is 11.9. The number of carbonyl (C=O) groups is 1. The largest absolute Gasteiger partial charge is 0.321 e. The number of hydrogen-bond acceptors (Lipinski definition) is 4. The Kier molecular flexibility index (Phi) is 5.03. The molecule has 0 unspecified atom stereocenters. The predicted molar refractivity (Wildman–Crippen MR) is 87.1 cm³/mol. The van der Waals surface area contributed by atoms with E-state index < -0.39 is 10.8 Å². The Bertz CT molecular complexity index is 824. The van der Waals surface area contributed by atoms with E-state index in [1.54, 1.807) is 24.4 Å². The first-order valence-corrected chi connectivity index (χ1v) is 6.94. The maximum atomic E-state index is 11.9. The molecule has 0 saturated heterocycles. The minimum absolute atomic E-state index is 0.0731. The van der Waals surface area contributed by atoms with Crippen molar-refractivity contribution in [1.82, 2.24) is 4.57 Å². The Morgan fingerprint density at radius 3 is 2.74 bits per heavy atom. The Morgan fingerprint density at radius 1 is 1.30 bits per heavy atom. The van der Waals surface area contributed by atoms with Gasteiger partial charge in [0, 0.05) is 31.0 Å². The van der Waals surface area contributed by atoms with Crippen LogP contribution in [0.4, 0.5) is 11.4 Å². The Balaban J connectivity index is 2.14. The molecule has 0 radical (unpaired) electrons. The van der Waals surface area contributed by atoms with Gasteiger partial charge in [0.25, 0.3) is 11.2 Å². The lowest BCUT2D eigenvalue weighted by atomic mass is 10.1. The van der Waals surface area contributed by atoms with Crippen LogP contribution >= 0.6 is 0 Å². The molecule has 0 aliphatic heterocycles. The highest BCUT2D eigenvalue weighted by Gasteiger charge is 2.09. The molecule has 1 N–H and O–H groups in total. The summed E-state index contributed by atoms with van der Waals surface area (Å²) in [4.78, 5) is 33.8. The number of aryl methyl sites for hydroxylation is 1. The van der Waals surface area contributed by atoms with Crippen molar-refractivity contribution < 1.29 is 9.72 Å². The number of anilines is 1. The van der Waals surface area contributed by atoms with E-state index in [4.69, 9.17) is 0 Å². The Hall–Kier alpha value is -3.22. The summed E-state index contributed by atoms with van der Waals surface area (Å²) in [7, 11) is 0. The van der Waals surface area contributed by atoms with Crippen LogP contribution in [-0.4, -0.2) is 15.4 Å². The molecule has 1 aromatic carbocycles. The highest BCUT2D eigenvalue weighted by atomic mass is 16.6. The van der Waals surface area contributed by atoms with E-state index in [0.717, 1.165) is 0 Å². The van der Waals surface area contributed by atoms with Gasteiger partial charge < -0.3 is 9.88 Å². The van der Waals surface area contributed by atoms with Gasteiger partial charge >= 0.3 is 0 Å². The molecule has 0 aliphatic rings. The number of aromatic nitrogens is 1. The number of amides is 1. The fourth-order valence-electron chi connectivity index (χ4n) is 2.00. The number of para-hydroxylation sites is 1. The average molecular weight is 313 g/mol. The zero-order valence-electron chi connectivity index (χ0n) is 12.4. The molecule has 2 rings (SSSR count). The smallest absolute Gasteiger partial charge is 0.276 e. The van der Waals surface area contributed by atoms with Gasteiger partial charge in [0.1, 0.15) is 0 Å². The monoisotopic (exact) mass is 313 g/mol. The normalized spacial score (nSPS) is 10.7. The van der Waals surface area contributed by atoms with Crippen molar-refractivity contribution in [3.8, 4) is 0 Å². The first kappa shape index (κ1) is 16.2. The standard InChI is InChI=1S/C16H15N3O4/c1-2-18-11-13(8-10-16(18)21)17-15(20)9-7-12-5-3-4-6-14(12)19(22)23/h3-11H,2H2,1H3,(H,17,20)/b9-7-. The van der Waals surface area contributed by atoms with Crippen molar-refractivity contribution >= 4 is 23.4 Å². The van der Waals surface area contributed by atoms with Crippen LogP contribution in [0.1, 0.15) is 12.5 Å². The first-order valence-electron chi connectivity index (χ1n) is 6.94. The summed E-state index contributed by atoms with van der Waals surface area (Å²) in [6.07, 6.45) is 4.13. The van der Waals surface area contributed by atoms with Gasteiger partial charge in [-0.25, -0.2) is 0 Å². The molecule has 0 spiro atoms. The lowest BCUT2D eigenvalue weighted by Crippen LogP contribution is -2.19. The van der Waals surface area contributed by atoms with Crippen molar-refractivity contribution in [3.05, 3.63) is 74.7 Å². The summed E-state index contributed by atoms with van der Waals surface area (Å²) in [6.45, 7) is 2.32. The maximum Gasteiger partial charge on any atom is 0.276 e. The summed E-state index contributed by atoms with van der Waals surface area (Å²) < 4.78 is 1.46. The van der Waals surface area contributed by atoms with Crippen molar-refractivity contribution in [2.45, 2.75) is 13.5 Å². The van der Waals surface area contributed by atoms with Crippen LogP contribution in [0.3, 0.4) is 0 Å². The highest BCUT2D eigenvalue weighted by molar-refractivity contribution is 6.02. The molecule has 0 atom stereocenters. The Labute approximate surface area is 132 Å². The third-order valence-electron chi connectivity index (χ3n) is 3.14. The van der Waals surface area contributed by atoms with E-state index in [0.29, 0.717) is 17.8 Å². The zero-order valence-corrected chi connectivity index (χ0v) is 12.4. The third kappa shape index (κ3) is 4.13. The second kappa shape index (κ2) is 7.17. The number of rotatable bonds is 5.